The lowest BCUT2D eigenvalue weighted by Gasteiger charge is -2.27. The van der Waals surface area contributed by atoms with Gasteiger partial charge in [-0.2, -0.15) is 0 Å². The fourth-order valence-electron chi connectivity index (χ4n) is 2.98. The Balaban J connectivity index is 1.74. The maximum atomic E-state index is 12.4. The van der Waals surface area contributed by atoms with E-state index in [2.05, 4.69) is 23.5 Å². The lowest BCUT2D eigenvalue weighted by Crippen LogP contribution is -2.37. The standard InChI is InChI=1S/C18H20N2O/c19-17(14-8-2-1-3-9-14)18(21)20-16-12-6-10-13-7-4-5-11-15(13)16/h1-5,7-9,11,16-17H,6,10,12,19H2,(H,20,21)/t16?,17-/m0/s1. The summed E-state index contributed by atoms with van der Waals surface area (Å²) < 4.78 is 0. The van der Waals surface area contributed by atoms with E-state index < -0.39 is 6.04 Å². The average Bonchev–Trinajstić information content (AvgIpc) is 2.55. The number of benzene rings is 2. The summed E-state index contributed by atoms with van der Waals surface area (Å²) in [5, 5.41) is 3.11. The van der Waals surface area contributed by atoms with E-state index in [1.807, 2.05) is 36.4 Å². The molecule has 2 aromatic rings. The molecule has 0 aromatic heterocycles. The molecular formula is C18H20N2O. The summed E-state index contributed by atoms with van der Waals surface area (Å²) in [4.78, 5) is 12.4. The molecule has 1 aliphatic rings. The molecule has 3 nitrogen and oxygen atoms in total. The molecule has 1 aliphatic carbocycles. The van der Waals surface area contributed by atoms with Crippen molar-refractivity contribution in [3.05, 3.63) is 71.3 Å². The molecular weight excluding hydrogens is 260 g/mol. The number of nitrogens with two attached hydrogens (primary N) is 1. The van der Waals surface area contributed by atoms with Crippen molar-refractivity contribution in [2.45, 2.75) is 31.3 Å². The second-order valence-corrected chi connectivity index (χ2v) is 5.54. The van der Waals surface area contributed by atoms with Crippen LogP contribution in [0.5, 0.6) is 0 Å². The van der Waals surface area contributed by atoms with Gasteiger partial charge in [-0.05, 0) is 36.0 Å². The van der Waals surface area contributed by atoms with Crippen molar-refractivity contribution in [2.24, 2.45) is 5.73 Å². The van der Waals surface area contributed by atoms with E-state index in [1.54, 1.807) is 0 Å². The van der Waals surface area contributed by atoms with E-state index in [0.29, 0.717) is 0 Å². The first-order chi connectivity index (χ1) is 10.3. The summed E-state index contributed by atoms with van der Waals surface area (Å²) in [5.41, 5.74) is 9.48. The monoisotopic (exact) mass is 280 g/mol. The molecule has 0 saturated carbocycles. The van der Waals surface area contributed by atoms with E-state index in [4.69, 9.17) is 5.73 Å². The summed E-state index contributed by atoms with van der Waals surface area (Å²) in [6.07, 6.45) is 3.17. The minimum Gasteiger partial charge on any atom is -0.348 e. The number of rotatable bonds is 3. The molecule has 0 heterocycles. The Labute approximate surface area is 125 Å². The molecule has 1 amide bonds. The zero-order chi connectivity index (χ0) is 14.7. The van der Waals surface area contributed by atoms with Gasteiger partial charge in [0.1, 0.15) is 6.04 Å². The normalized spacial score (nSPS) is 18.6. The molecule has 0 aliphatic heterocycles. The van der Waals surface area contributed by atoms with Crippen LogP contribution in [0, 0.1) is 0 Å². The first kappa shape index (κ1) is 13.8. The highest BCUT2D eigenvalue weighted by Gasteiger charge is 2.24. The Kier molecular flexibility index (Phi) is 4.02. The second kappa shape index (κ2) is 6.10. The van der Waals surface area contributed by atoms with E-state index in [1.165, 1.54) is 11.1 Å². The van der Waals surface area contributed by atoms with Gasteiger partial charge in [0, 0.05) is 0 Å². The molecule has 108 valence electrons. The predicted molar refractivity (Wildman–Crippen MR) is 83.6 cm³/mol. The average molecular weight is 280 g/mol. The summed E-state index contributed by atoms with van der Waals surface area (Å²) in [6.45, 7) is 0. The number of hydrogen-bond donors (Lipinski definition) is 2. The van der Waals surface area contributed by atoms with E-state index in [0.717, 1.165) is 24.8 Å². The van der Waals surface area contributed by atoms with Crippen LogP contribution in [0.3, 0.4) is 0 Å². The molecule has 3 N–H and O–H groups in total. The highest BCUT2D eigenvalue weighted by molar-refractivity contribution is 5.83. The van der Waals surface area contributed by atoms with Gasteiger partial charge in [0.25, 0.3) is 0 Å². The third-order valence-corrected chi connectivity index (χ3v) is 4.13. The molecule has 0 saturated heterocycles. The number of amides is 1. The van der Waals surface area contributed by atoms with Gasteiger partial charge in [-0.3, -0.25) is 4.79 Å². The van der Waals surface area contributed by atoms with E-state index >= 15 is 0 Å². The number of hydrogen-bond acceptors (Lipinski definition) is 2. The SMILES string of the molecule is N[C@H](C(=O)NC1CCCc2ccccc21)c1ccccc1. The van der Waals surface area contributed by atoms with Gasteiger partial charge in [-0.15, -0.1) is 0 Å². The van der Waals surface area contributed by atoms with Crippen molar-refractivity contribution in [2.75, 3.05) is 0 Å². The van der Waals surface area contributed by atoms with Crippen molar-refractivity contribution in [3.8, 4) is 0 Å². The summed E-state index contributed by atoms with van der Waals surface area (Å²) in [6, 6.07) is 17.3. The van der Waals surface area contributed by atoms with Gasteiger partial charge in [0.2, 0.25) is 5.91 Å². The number of nitrogens with one attached hydrogen (secondary N) is 1. The van der Waals surface area contributed by atoms with Crippen molar-refractivity contribution in [1.29, 1.82) is 0 Å². The minimum absolute atomic E-state index is 0.0808. The lowest BCUT2D eigenvalue weighted by molar-refractivity contribution is -0.123. The highest BCUT2D eigenvalue weighted by atomic mass is 16.2. The second-order valence-electron chi connectivity index (χ2n) is 5.54. The Morgan fingerprint density at radius 3 is 2.62 bits per heavy atom. The zero-order valence-corrected chi connectivity index (χ0v) is 12.0. The Morgan fingerprint density at radius 1 is 1.10 bits per heavy atom. The van der Waals surface area contributed by atoms with Crippen LogP contribution in [0.25, 0.3) is 0 Å². The van der Waals surface area contributed by atoms with Crippen LogP contribution in [0.15, 0.2) is 54.6 Å². The smallest absolute Gasteiger partial charge is 0.241 e. The molecule has 1 unspecified atom stereocenters. The number of carbonyl (C=O) groups is 1. The van der Waals surface area contributed by atoms with Gasteiger partial charge in [0.15, 0.2) is 0 Å². The Morgan fingerprint density at radius 2 is 1.81 bits per heavy atom. The summed E-state index contributed by atoms with van der Waals surface area (Å²) in [7, 11) is 0. The molecule has 3 rings (SSSR count). The molecule has 21 heavy (non-hydrogen) atoms. The largest absolute Gasteiger partial charge is 0.348 e. The quantitative estimate of drug-likeness (QED) is 0.908. The lowest BCUT2D eigenvalue weighted by atomic mass is 9.87. The maximum absolute atomic E-state index is 12.4. The fourth-order valence-corrected chi connectivity index (χ4v) is 2.98. The topological polar surface area (TPSA) is 55.1 Å². The molecule has 0 radical (unpaired) electrons. The van der Waals surface area contributed by atoms with Crippen LogP contribution in [0.2, 0.25) is 0 Å². The predicted octanol–water partition coefficient (Wildman–Crippen LogP) is 2.88. The van der Waals surface area contributed by atoms with Gasteiger partial charge in [-0.1, -0.05) is 54.6 Å². The molecule has 0 bridgehead atoms. The highest BCUT2D eigenvalue weighted by Crippen LogP contribution is 2.29. The first-order valence-electron chi connectivity index (χ1n) is 7.44. The number of fused-ring (bicyclic) bond motifs is 1. The van der Waals surface area contributed by atoms with Gasteiger partial charge in [0.05, 0.1) is 6.04 Å². The molecule has 3 heteroatoms. The number of aryl methyl sites for hydroxylation is 1. The Hall–Kier alpha value is -2.13. The van der Waals surface area contributed by atoms with Gasteiger partial charge < -0.3 is 11.1 Å². The molecule has 2 aromatic carbocycles. The van der Waals surface area contributed by atoms with Crippen LogP contribution in [0.1, 0.15) is 41.6 Å². The van der Waals surface area contributed by atoms with Gasteiger partial charge in [-0.25, -0.2) is 0 Å². The first-order valence-corrected chi connectivity index (χ1v) is 7.44. The Bertz CT molecular complexity index is 624. The zero-order valence-electron chi connectivity index (χ0n) is 12.0. The minimum atomic E-state index is -0.611. The third kappa shape index (κ3) is 2.98. The van der Waals surface area contributed by atoms with Crippen LogP contribution in [0.4, 0.5) is 0 Å². The maximum Gasteiger partial charge on any atom is 0.241 e. The van der Waals surface area contributed by atoms with Crippen molar-refractivity contribution >= 4 is 5.91 Å². The number of carbonyl (C=O) groups excluding carboxylic acids is 1. The van der Waals surface area contributed by atoms with Crippen LogP contribution < -0.4 is 11.1 Å². The molecule has 0 fully saturated rings. The molecule has 2 atom stereocenters. The van der Waals surface area contributed by atoms with E-state index in [9.17, 15) is 4.79 Å². The fraction of sp³-hybridized carbons (Fsp3) is 0.278. The van der Waals surface area contributed by atoms with Crippen LogP contribution >= 0.6 is 0 Å². The van der Waals surface area contributed by atoms with Crippen LogP contribution in [-0.4, -0.2) is 5.91 Å². The molecule has 0 spiro atoms. The van der Waals surface area contributed by atoms with Gasteiger partial charge >= 0.3 is 0 Å². The van der Waals surface area contributed by atoms with Crippen molar-refractivity contribution < 1.29 is 4.79 Å². The van der Waals surface area contributed by atoms with E-state index in [-0.39, 0.29) is 11.9 Å². The van der Waals surface area contributed by atoms with Crippen molar-refractivity contribution in [1.82, 2.24) is 5.32 Å². The van der Waals surface area contributed by atoms with Crippen molar-refractivity contribution in [3.63, 3.8) is 0 Å². The summed E-state index contributed by atoms with van der Waals surface area (Å²) in [5.74, 6) is -0.108. The van der Waals surface area contributed by atoms with Crippen LogP contribution in [-0.2, 0) is 11.2 Å². The summed E-state index contributed by atoms with van der Waals surface area (Å²) >= 11 is 0. The third-order valence-electron chi connectivity index (χ3n) is 4.13.